The SMILES string of the molecule is CNCC(=O)Nc1ccc(/N=N/c2ccccc2OC(=O)CN2CCOCC2)c(N)n1. The van der Waals surface area contributed by atoms with Crippen LogP contribution in [-0.4, -0.2) is 68.2 Å². The molecule has 0 bridgehead atoms. The number of morpholine rings is 1. The molecular weight excluding hydrogens is 402 g/mol. The van der Waals surface area contributed by atoms with Gasteiger partial charge < -0.3 is 25.8 Å². The van der Waals surface area contributed by atoms with Gasteiger partial charge in [0.05, 0.1) is 26.3 Å². The Morgan fingerprint density at radius 2 is 1.90 bits per heavy atom. The van der Waals surface area contributed by atoms with Crippen molar-refractivity contribution in [3.8, 4) is 5.75 Å². The molecule has 1 saturated heterocycles. The molecule has 0 atom stereocenters. The molecule has 2 aromatic rings. The van der Waals surface area contributed by atoms with Crippen LogP contribution in [0.25, 0.3) is 0 Å². The first-order valence-corrected chi connectivity index (χ1v) is 9.77. The van der Waals surface area contributed by atoms with Crippen molar-refractivity contribution in [2.24, 2.45) is 10.2 Å². The van der Waals surface area contributed by atoms with E-state index >= 15 is 0 Å². The number of aromatic nitrogens is 1. The first-order chi connectivity index (χ1) is 15.0. The largest absolute Gasteiger partial charge is 0.423 e. The molecule has 0 unspecified atom stereocenters. The molecule has 31 heavy (non-hydrogen) atoms. The molecule has 3 rings (SSSR count). The summed E-state index contributed by atoms with van der Waals surface area (Å²) in [5.41, 5.74) is 6.62. The third-order valence-corrected chi connectivity index (χ3v) is 4.32. The number of para-hydroxylation sites is 1. The van der Waals surface area contributed by atoms with Crippen molar-refractivity contribution >= 4 is 34.9 Å². The van der Waals surface area contributed by atoms with E-state index in [2.05, 4.69) is 25.8 Å². The Morgan fingerprint density at radius 1 is 1.16 bits per heavy atom. The monoisotopic (exact) mass is 427 g/mol. The standard InChI is InChI=1S/C20H25N7O4/c1-22-12-18(28)23-17-7-6-15(20(21)24-17)26-25-14-4-2-3-5-16(14)31-19(29)13-27-8-10-30-11-9-27/h2-7,22H,8-13H2,1H3,(H3,21,23,24,28)/b26-25+. The number of nitrogens with two attached hydrogens (primary N) is 1. The van der Waals surface area contributed by atoms with E-state index in [1.54, 1.807) is 43.4 Å². The van der Waals surface area contributed by atoms with Gasteiger partial charge >= 0.3 is 5.97 Å². The Labute approximate surface area is 179 Å². The second-order valence-electron chi connectivity index (χ2n) is 6.71. The summed E-state index contributed by atoms with van der Waals surface area (Å²) < 4.78 is 10.8. The number of pyridine rings is 1. The number of hydrogen-bond donors (Lipinski definition) is 3. The zero-order valence-electron chi connectivity index (χ0n) is 17.2. The molecule has 1 aliphatic rings. The molecule has 2 heterocycles. The molecule has 1 aromatic carbocycles. The average molecular weight is 427 g/mol. The molecule has 11 heteroatoms. The van der Waals surface area contributed by atoms with E-state index in [4.69, 9.17) is 15.2 Å². The highest BCUT2D eigenvalue weighted by molar-refractivity contribution is 5.91. The number of azo groups is 1. The first-order valence-electron chi connectivity index (χ1n) is 9.77. The van der Waals surface area contributed by atoms with Crippen molar-refractivity contribution in [2.75, 3.05) is 57.5 Å². The van der Waals surface area contributed by atoms with E-state index < -0.39 is 0 Å². The number of likely N-dealkylation sites (N-methyl/N-ethyl adjacent to an activating group) is 1. The van der Waals surface area contributed by atoms with Crippen molar-refractivity contribution in [3.05, 3.63) is 36.4 Å². The molecule has 11 nitrogen and oxygen atoms in total. The minimum atomic E-state index is -0.382. The van der Waals surface area contributed by atoms with E-state index in [0.29, 0.717) is 49.2 Å². The number of benzene rings is 1. The van der Waals surface area contributed by atoms with Crippen molar-refractivity contribution in [2.45, 2.75) is 0 Å². The molecule has 0 spiro atoms. The Bertz CT molecular complexity index is 945. The Balaban J connectivity index is 1.65. The lowest BCUT2D eigenvalue weighted by molar-refractivity contribution is -0.136. The summed E-state index contributed by atoms with van der Waals surface area (Å²) in [5, 5.41) is 13.6. The van der Waals surface area contributed by atoms with Crippen molar-refractivity contribution in [1.29, 1.82) is 0 Å². The van der Waals surface area contributed by atoms with Crippen LogP contribution in [-0.2, 0) is 14.3 Å². The number of nitrogen functional groups attached to an aromatic ring is 1. The number of rotatable bonds is 8. The molecule has 0 radical (unpaired) electrons. The predicted octanol–water partition coefficient (Wildman–Crippen LogP) is 1.47. The van der Waals surface area contributed by atoms with Gasteiger partial charge in [0.1, 0.15) is 17.2 Å². The average Bonchev–Trinajstić information content (AvgIpc) is 2.75. The normalized spacial score (nSPS) is 14.5. The Hall–Kier alpha value is -3.41. The van der Waals surface area contributed by atoms with Crippen molar-refractivity contribution in [1.82, 2.24) is 15.2 Å². The number of hydrogen-bond acceptors (Lipinski definition) is 10. The third kappa shape index (κ3) is 6.81. The lowest BCUT2D eigenvalue weighted by Crippen LogP contribution is -2.40. The number of amides is 1. The van der Waals surface area contributed by atoms with Crippen molar-refractivity contribution < 1.29 is 19.1 Å². The van der Waals surface area contributed by atoms with Gasteiger partial charge in [-0.25, -0.2) is 4.98 Å². The summed E-state index contributed by atoms with van der Waals surface area (Å²) in [6.45, 7) is 2.91. The molecule has 4 N–H and O–H groups in total. The van der Waals surface area contributed by atoms with Crippen LogP contribution >= 0.6 is 0 Å². The van der Waals surface area contributed by atoms with Gasteiger partial charge in [-0.15, -0.1) is 10.2 Å². The molecule has 1 aliphatic heterocycles. The van der Waals surface area contributed by atoms with Gasteiger partial charge in [-0.3, -0.25) is 14.5 Å². The van der Waals surface area contributed by atoms with Crippen LogP contribution in [0.4, 0.5) is 23.0 Å². The summed E-state index contributed by atoms with van der Waals surface area (Å²) in [6.07, 6.45) is 0. The first kappa shape index (κ1) is 22.3. The van der Waals surface area contributed by atoms with E-state index in [0.717, 1.165) is 0 Å². The topological polar surface area (TPSA) is 144 Å². The second kappa shape index (κ2) is 11.1. The van der Waals surface area contributed by atoms with Gasteiger partial charge in [-0.2, -0.15) is 0 Å². The Kier molecular flexibility index (Phi) is 7.98. The lowest BCUT2D eigenvalue weighted by atomic mass is 10.3. The van der Waals surface area contributed by atoms with E-state index in [-0.39, 0.29) is 30.8 Å². The fourth-order valence-electron chi connectivity index (χ4n) is 2.80. The molecule has 0 aliphatic carbocycles. The molecule has 164 valence electrons. The number of nitrogens with zero attached hydrogens (tertiary/aromatic N) is 4. The maximum absolute atomic E-state index is 12.3. The highest BCUT2D eigenvalue weighted by Crippen LogP contribution is 2.30. The fourth-order valence-corrected chi connectivity index (χ4v) is 2.80. The zero-order valence-corrected chi connectivity index (χ0v) is 17.2. The lowest BCUT2D eigenvalue weighted by Gasteiger charge is -2.25. The van der Waals surface area contributed by atoms with Crippen LogP contribution in [0.2, 0.25) is 0 Å². The summed E-state index contributed by atoms with van der Waals surface area (Å²) in [6, 6.07) is 10.00. The fraction of sp³-hybridized carbons (Fsp3) is 0.350. The van der Waals surface area contributed by atoms with Crippen LogP contribution in [0.1, 0.15) is 0 Å². The third-order valence-electron chi connectivity index (χ3n) is 4.32. The maximum Gasteiger partial charge on any atom is 0.325 e. The minimum Gasteiger partial charge on any atom is -0.423 e. The number of anilines is 2. The summed E-state index contributed by atoms with van der Waals surface area (Å²) in [5.74, 6) is 0.0953. The van der Waals surface area contributed by atoms with Crippen LogP contribution in [0, 0.1) is 0 Å². The highest BCUT2D eigenvalue weighted by atomic mass is 16.5. The van der Waals surface area contributed by atoms with E-state index in [1.165, 1.54) is 0 Å². The van der Waals surface area contributed by atoms with Crippen LogP contribution in [0.5, 0.6) is 5.75 Å². The minimum absolute atomic E-state index is 0.104. The Morgan fingerprint density at radius 3 is 2.65 bits per heavy atom. The van der Waals surface area contributed by atoms with Crippen LogP contribution in [0.3, 0.4) is 0 Å². The quantitative estimate of drug-likeness (QED) is 0.326. The summed E-state index contributed by atoms with van der Waals surface area (Å²) in [4.78, 5) is 30.0. The van der Waals surface area contributed by atoms with Gasteiger partial charge in [0.2, 0.25) is 5.91 Å². The van der Waals surface area contributed by atoms with E-state index in [9.17, 15) is 9.59 Å². The van der Waals surface area contributed by atoms with E-state index in [1.807, 2.05) is 4.90 Å². The number of esters is 1. The van der Waals surface area contributed by atoms with Gasteiger partial charge in [-0.05, 0) is 31.3 Å². The number of carbonyl (C=O) groups is 2. The van der Waals surface area contributed by atoms with Crippen molar-refractivity contribution in [3.63, 3.8) is 0 Å². The molecule has 1 amide bonds. The molecule has 1 aromatic heterocycles. The second-order valence-corrected chi connectivity index (χ2v) is 6.71. The number of nitrogens with one attached hydrogen (secondary N) is 2. The summed E-state index contributed by atoms with van der Waals surface area (Å²) in [7, 11) is 1.67. The zero-order chi connectivity index (χ0) is 22.1. The number of carbonyl (C=O) groups excluding carboxylic acids is 2. The van der Waals surface area contributed by atoms with Gasteiger partial charge in [0, 0.05) is 13.1 Å². The number of ether oxygens (including phenoxy) is 2. The maximum atomic E-state index is 12.3. The smallest absolute Gasteiger partial charge is 0.325 e. The van der Waals surface area contributed by atoms with Crippen LogP contribution < -0.4 is 21.1 Å². The van der Waals surface area contributed by atoms with Gasteiger partial charge in [0.25, 0.3) is 0 Å². The molecule has 0 saturated carbocycles. The summed E-state index contributed by atoms with van der Waals surface area (Å²) >= 11 is 0. The van der Waals surface area contributed by atoms with Crippen LogP contribution in [0.15, 0.2) is 46.6 Å². The molecule has 1 fully saturated rings. The highest BCUT2D eigenvalue weighted by Gasteiger charge is 2.16. The predicted molar refractivity (Wildman–Crippen MR) is 115 cm³/mol. The van der Waals surface area contributed by atoms with Gasteiger partial charge in [0.15, 0.2) is 11.6 Å². The molecular formula is C20H25N7O4. The van der Waals surface area contributed by atoms with Gasteiger partial charge in [-0.1, -0.05) is 12.1 Å².